The van der Waals surface area contributed by atoms with Crippen molar-refractivity contribution >= 4 is 26.6 Å². The summed E-state index contributed by atoms with van der Waals surface area (Å²) < 4.78 is 32.6. The van der Waals surface area contributed by atoms with Crippen LogP contribution in [0.15, 0.2) is 70.7 Å². The van der Waals surface area contributed by atoms with Crippen molar-refractivity contribution in [2.75, 3.05) is 31.2 Å². The van der Waals surface area contributed by atoms with E-state index in [0.717, 1.165) is 0 Å². The molecule has 0 amide bonds. The Morgan fingerprint density at radius 3 is 2.53 bits per heavy atom. The van der Waals surface area contributed by atoms with Crippen molar-refractivity contribution in [1.82, 2.24) is 20.2 Å². The van der Waals surface area contributed by atoms with Crippen LogP contribution in [0.1, 0.15) is 0 Å². The second-order valence-electron chi connectivity index (χ2n) is 6.92. The summed E-state index contributed by atoms with van der Waals surface area (Å²) in [5.74, 6) is 0.592. The van der Waals surface area contributed by atoms with Crippen LogP contribution in [-0.2, 0) is 14.6 Å². The molecule has 8 nitrogen and oxygen atoms in total. The summed E-state index contributed by atoms with van der Waals surface area (Å²) in [5.41, 5.74) is 1.75. The van der Waals surface area contributed by atoms with Crippen molar-refractivity contribution < 1.29 is 13.2 Å². The lowest BCUT2D eigenvalue weighted by molar-refractivity contribution is 0.122. The molecule has 1 aliphatic heterocycles. The molecule has 4 aromatic rings. The summed E-state index contributed by atoms with van der Waals surface area (Å²) in [5, 5.41) is 7.42. The number of H-pyrrole nitrogens is 1. The molecule has 1 N–H and O–H groups in total. The van der Waals surface area contributed by atoms with E-state index in [0.29, 0.717) is 54.4 Å². The molecule has 0 radical (unpaired) electrons. The van der Waals surface area contributed by atoms with Gasteiger partial charge in [-0.25, -0.2) is 13.4 Å². The van der Waals surface area contributed by atoms with E-state index in [4.69, 9.17) is 9.72 Å². The molecule has 0 bridgehead atoms. The highest BCUT2D eigenvalue weighted by molar-refractivity contribution is 7.91. The Balaban J connectivity index is 1.80. The van der Waals surface area contributed by atoms with Gasteiger partial charge in [0.25, 0.3) is 0 Å². The number of rotatable bonds is 4. The van der Waals surface area contributed by atoms with E-state index >= 15 is 0 Å². The summed E-state index contributed by atoms with van der Waals surface area (Å²) in [4.78, 5) is 11.8. The maximum atomic E-state index is 13.6. The van der Waals surface area contributed by atoms with Crippen molar-refractivity contribution in [1.29, 1.82) is 0 Å². The first kappa shape index (κ1) is 18.7. The number of hydrogen-bond acceptors (Lipinski definition) is 7. The molecule has 0 atom stereocenters. The summed E-state index contributed by atoms with van der Waals surface area (Å²) in [6.45, 7) is 2.42. The second-order valence-corrected chi connectivity index (χ2v) is 8.84. The molecule has 0 saturated carbocycles. The zero-order valence-corrected chi connectivity index (χ0v) is 16.8. The fourth-order valence-corrected chi connectivity index (χ4v) is 5.08. The molecule has 0 spiro atoms. The molecular weight excluding hydrogens is 402 g/mol. The van der Waals surface area contributed by atoms with Gasteiger partial charge in [0, 0.05) is 36.9 Å². The van der Waals surface area contributed by atoms with E-state index in [1.54, 1.807) is 60.9 Å². The quantitative estimate of drug-likeness (QED) is 0.541. The number of morpholine rings is 1. The monoisotopic (exact) mass is 421 g/mol. The molecule has 5 rings (SSSR count). The largest absolute Gasteiger partial charge is 0.378 e. The third-order valence-corrected chi connectivity index (χ3v) is 6.92. The third kappa shape index (κ3) is 3.21. The van der Waals surface area contributed by atoms with E-state index in [1.165, 1.54) is 0 Å². The number of sulfone groups is 1. The van der Waals surface area contributed by atoms with Gasteiger partial charge in [-0.15, -0.1) is 0 Å². The average Bonchev–Trinajstić information content (AvgIpc) is 3.34. The van der Waals surface area contributed by atoms with Crippen LogP contribution in [0, 0.1) is 0 Å². The molecule has 4 heterocycles. The Kier molecular flexibility index (Phi) is 4.68. The predicted molar refractivity (Wildman–Crippen MR) is 112 cm³/mol. The topological polar surface area (TPSA) is 101 Å². The lowest BCUT2D eigenvalue weighted by Crippen LogP contribution is -2.36. The van der Waals surface area contributed by atoms with Gasteiger partial charge >= 0.3 is 0 Å². The fraction of sp³-hybridized carbons (Fsp3) is 0.190. The Morgan fingerprint density at radius 1 is 1.00 bits per heavy atom. The van der Waals surface area contributed by atoms with Crippen LogP contribution in [0.5, 0.6) is 0 Å². The van der Waals surface area contributed by atoms with Crippen molar-refractivity contribution in [3.8, 4) is 11.4 Å². The highest BCUT2D eigenvalue weighted by atomic mass is 32.2. The predicted octanol–water partition coefficient (Wildman–Crippen LogP) is 2.69. The summed E-state index contributed by atoms with van der Waals surface area (Å²) >= 11 is 0. The number of benzene rings is 1. The van der Waals surface area contributed by atoms with Crippen LogP contribution in [0.2, 0.25) is 0 Å². The van der Waals surface area contributed by atoms with Gasteiger partial charge in [-0.1, -0.05) is 18.2 Å². The maximum absolute atomic E-state index is 13.6. The summed E-state index contributed by atoms with van der Waals surface area (Å²) in [6, 6.07) is 13.6. The Bertz CT molecular complexity index is 1290. The van der Waals surface area contributed by atoms with Crippen LogP contribution in [0.25, 0.3) is 22.3 Å². The minimum absolute atomic E-state index is 0.211. The maximum Gasteiger partial charge on any atom is 0.207 e. The van der Waals surface area contributed by atoms with Crippen LogP contribution < -0.4 is 4.90 Å². The fourth-order valence-electron chi connectivity index (χ4n) is 3.60. The third-order valence-electron chi connectivity index (χ3n) is 5.11. The standard InChI is InChI=1S/C21H19N5O3S/c27-30(28,15-4-2-1-3-5-15)18-14-19(26-10-12-29-13-11-26)24-20-16(18)6-8-22-21(20)17-7-9-23-25-17/h1-9,14H,10-13H2,(H,23,25). The summed E-state index contributed by atoms with van der Waals surface area (Å²) in [7, 11) is -3.76. The SMILES string of the molecule is O=S(=O)(c1ccccc1)c1cc(N2CCOCC2)nc2c(-c3ccn[nH]3)nccc12. The van der Waals surface area contributed by atoms with Gasteiger partial charge < -0.3 is 9.64 Å². The van der Waals surface area contributed by atoms with Crippen LogP contribution in [0.3, 0.4) is 0 Å². The lowest BCUT2D eigenvalue weighted by atomic mass is 10.1. The normalized spacial score (nSPS) is 14.9. The molecule has 9 heteroatoms. The highest BCUT2D eigenvalue weighted by Crippen LogP contribution is 2.34. The molecule has 152 valence electrons. The van der Waals surface area contributed by atoms with Gasteiger partial charge in [-0.2, -0.15) is 5.10 Å². The Labute approximate surface area is 173 Å². The molecule has 1 fully saturated rings. The van der Waals surface area contributed by atoms with Gasteiger partial charge in [0.2, 0.25) is 9.84 Å². The number of aromatic amines is 1. The molecule has 1 aliphatic rings. The Morgan fingerprint density at radius 2 is 1.80 bits per heavy atom. The minimum Gasteiger partial charge on any atom is -0.378 e. The van der Waals surface area contributed by atoms with E-state index in [-0.39, 0.29) is 9.79 Å². The molecule has 3 aromatic heterocycles. The van der Waals surface area contributed by atoms with Gasteiger partial charge in [0.05, 0.1) is 28.7 Å². The van der Waals surface area contributed by atoms with Crippen molar-refractivity contribution in [2.45, 2.75) is 9.79 Å². The number of hydrogen-bond donors (Lipinski definition) is 1. The van der Waals surface area contributed by atoms with Crippen molar-refractivity contribution in [3.05, 3.63) is 60.9 Å². The number of pyridine rings is 2. The number of nitrogens with zero attached hydrogens (tertiary/aromatic N) is 4. The number of anilines is 1. The first-order chi connectivity index (χ1) is 14.6. The zero-order chi connectivity index (χ0) is 20.6. The smallest absolute Gasteiger partial charge is 0.207 e. The average molecular weight is 421 g/mol. The zero-order valence-electron chi connectivity index (χ0n) is 16.0. The van der Waals surface area contributed by atoms with Gasteiger partial charge in [0.15, 0.2) is 0 Å². The molecule has 0 unspecified atom stereocenters. The number of ether oxygens (including phenoxy) is 1. The number of fused-ring (bicyclic) bond motifs is 1. The second kappa shape index (κ2) is 7.51. The lowest BCUT2D eigenvalue weighted by Gasteiger charge is -2.28. The van der Waals surface area contributed by atoms with Gasteiger partial charge in [-0.3, -0.25) is 10.1 Å². The number of aromatic nitrogens is 4. The van der Waals surface area contributed by atoms with Gasteiger partial charge in [0.1, 0.15) is 17.0 Å². The molecule has 30 heavy (non-hydrogen) atoms. The highest BCUT2D eigenvalue weighted by Gasteiger charge is 2.25. The van der Waals surface area contributed by atoms with E-state index in [2.05, 4.69) is 15.2 Å². The molecule has 1 aromatic carbocycles. The number of nitrogens with one attached hydrogen (secondary N) is 1. The van der Waals surface area contributed by atoms with E-state index in [1.807, 2.05) is 4.90 Å². The van der Waals surface area contributed by atoms with Crippen molar-refractivity contribution in [3.63, 3.8) is 0 Å². The molecule has 1 saturated heterocycles. The molecular formula is C21H19N5O3S. The minimum atomic E-state index is -3.76. The van der Waals surface area contributed by atoms with E-state index < -0.39 is 9.84 Å². The molecule has 0 aliphatic carbocycles. The Hall–Kier alpha value is -3.30. The van der Waals surface area contributed by atoms with Crippen LogP contribution >= 0.6 is 0 Å². The van der Waals surface area contributed by atoms with Crippen molar-refractivity contribution in [2.24, 2.45) is 0 Å². The van der Waals surface area contributed by atoms with Crippen LogP contribution in [-0.4, -0.2) is 54.9 Å². The first-order valence-electron chi connectivity index (χ1n) is 9.57. The van der Waals surface area contributed by atoms with Crippen LogP contribution in [0.4, 0.5) is 5.82 Å². The van der Waals surface area contributed by atoms with E-state index in [9.17, 15) is 8.42 Å². The van der Waals surface area contributed by atoms with Gasteiger partial charge in [-0.05, 0) is 24.3 Å². The first-order valence-corrected chi connectivity index (χ1v) is 11.1. The summed E-state index contributed by atoms with van der Waals surface area (Å²) in [6.07, 6.45) is 3.22.